The van der Waals surface area contributed by atoms with Crippen LogP contribution in [-0.2, 0) is 11.8 Å². The summed E-state index contributed by atoms with van der Waals surface area (Å²) in [6.45, 7) is 4.65. The molecule has 0 aliphatic carbocycles. The molecule has 1 N–H and O–H groups in total. The van der Waals surface area contributed by atoms with Crippen molar-refractivity contribution in [3.63, 3.8) is 0 Å². The number of carbonyl (C=O) groups excluding carboxylic acids is 1. The van der Waals surface area contributed by atoms with Crippen molar-refractivity contribution >= 4 is 23.5 Å². The Morgan fingerprint density at radius 3 is 2.85 bits per heavy atom. The summed E-state index contributed by atoms with van der Waals surface area (Å²) >= 11 is 1.28. The minimum atomic E-state index is -0.0977. The fraction of sp³-hybridized carbons (Fsp3) is 0.625. The largest absolute Gasteiger partial charge is 0.476 e. The number of tetrazole rings is 1. The van der Waals surface area contributed by atoms with E-state index in [9.17, 15) is 4.79 Å². The first-order valence-corrected chi connectivity index (χ1v) is 9.95. The first kappa shape index (κ1) is 19.3. The molecule has 1 aliphatic heterocycles. The van der Waals surface area contributed by atoms with E-state index in [1.165, 1.54) is 35.7 Å². The minimum absolute atomic E-state index is 0.0977. The van der Waals surface area contributed by atoms with E-state index in [-0.39, 0.29) is 11.7 Å². The number of aromatic nitrogens is 6. The zero-order valence-corrected chi connectivity index (χ0v) is 16.4. The number of anilines is 1. The molecule has 10 nitrogen and oxygen atoms in total. The second-order valence-electron chi connectivity index (χ2n) is 6.23. The van der Waals surface area contributed by atoms with Crippen LogP contribution >= 0.6 is 11.8 Å². The highest BCUT2D eigenvalue weighted by molar-refractivity contribution is 7.99. The molecule has 3 heterocycles. The summed E-state index contributed by atoms with van der Waals surface area (Å²) in [6.07, 6.45) is 3.65. The van der Waals surface area contributed by atoms with E-state index in [4.69, 9.17) is 4.74 Å². The molecule has 2 aromatic rings. The van der Waals surface area contributed by atoms with Crippen molar-refractivity contribution in [3.05, 3.63) is 11.9 Å². The Hall–Kier alpha value is -2.43. The second-order valence-corrected chi connectivity index (χ2v) is 7.17. The van der Waals surface area contributed by atoms with Crippen LogP contribution in [0.3, 0.4) is 0 Å². The Morgan fingerprint density at radius 2 is 2.11 bits per heavy atom. The van der Waals surface area contributed by atoms with Gasteiger partial charge in [0.1, 0.15) is 18.2 Å². The average molecular weight is 392 g/mol. The van der Waals surface area contributed by atoms with Crippen molar-refractivity contribution in [1.29, 1.82) is 0 Å². The van der Waals surface area contributed by atoms with Crippen LogP contribution < -0.4 is 15.0 Å². The van der Waals surface area contributed by atoms with Crippen LogP contribution in [0, 0.1) is 6.92 Å². The lowest BCUT2D eigenvalue weighted by atomic mass is 10.1. The predicted octanol–water partition coefficient (Wildman–Crippen LogP) is 0.586. The molecule has 2 aromatic heterocycles. The maximum Gasteiger partial charge on any atom is 0.230 e. The maximum atomic E-state index is 11.9. The molecule has 0 saturated carbocycles. The zero-order valence-electron chi connectivity index (χ0n) is 15.6. The summed E-state index contributed by atoms with van der Waals surface area (Å²) in [5.41, 5.74) is 0. The molecule has 1 fully saturated rings. The van der Waals surface area contributed by atoms with E-state index < -0.39 is 0 Å². The van der Waals surface area contributed by atoms with Gasteiger partial charge in [-0.2, -0.15) is 4.98 Å². The molecular formula is C16H24N8O2S. The molecule has 0 unspecified atom stereocenters. The summed E-state index contributed by atoms with van der Waals surface area (Å²) in [5, 5.41) is 14.5. The van der Waals surface area contributed by atoms with Gasteiger partial charge in [0, 0.05) is 26.2 Å². The molecule has 0 aromatic carbocycles. The normalized spacial score (nSPS) is 14.2. The number of hydrogen-bond donors (Lipinski definition) is 1. The van der Waals surface area contributed by atoms with Gasteiger partial charge in [0.15, 0.2) is 0 Å². The Morgan fingerprint density at radius 1 is 1.30 bits per heavy atom. The minimum Gasteiger partial charge on any atom is -0.476 e. The Labute approximate surface area is 162 Å². The number of carbonyl (C=O) groups is 1. The van der Waals surface area contributed by atoms with Gasteiger partial charge in [-0.1, -0.05) is 11.8 Å². The number of ether oxygens (including phenoxy) is 1. The van der Waals surface area contributed by atoms with E-state index in [0.29, 0.717) is 30.0 Å². The van der Waals surface area contributed by atoms with Crippen molar-refractivity contribution in [3.8, 4) is 5.88 Å². The van der Waals surface area contributed by atoms with Crippen LogP contribution in [0.5, 0.6) is 5.88 Å². The predicted molar refractivity (Wildman–Crippen MR) is 101 cm³/mol. The second kappa shape index (κ2) is 9.49. The number of nitrogens with one attached hydrogen (secondary N) is 1. The topological polar surface area (TPSA) is 111 Å². The number of amides is 1. The number of aryl methyl sites for hydroxylation is 2. The summed E-state index contributed by atoms with van der Waals surface area (Å²) in [5.74, 6) is 2.29. The van der Waals surface area contributed by atoms with Crippen molar-refractivity contribution in [2.45, 2.75) is 31.3 Å². The van der Waals surface area contributed by atoms with E-state index in [2.05, 4.69) is 35.7 Å². The highest BCUT2D eigenvalue weighted by Gasteiger charge is 2.14. The van der Waals surface area contributed by atoms with E-state index in [0.717, 1.165) is 18.9 Å². The van der Waals surface area contributed by atoms with E-state index in [1.807, 2.05) is 13.0 Å². The standard InChI is InChI=1S/C16H24N8O2S/c1-12-18-13(24-7-4-3-5-8-24)10-15(19-12)26-9-6-17-14(25)11-27-16-20-21-22-23(16)2/h10H,3-9,11H2,1-2H3,(H,17,25). The lowest BCUT2D eigenvalue weighted by Crippen LogP contribution is -2.31. The molecule has 27 heavy (non-hydrogen) atoms. The van der Waals surface area contributed by atoms with Gasteiger partial charge in [-0.25, -0.2) is 9.67 Å². The fourth-order valence-corrected chi connectivity index (χ4v) is 3.43. The number of nitrogens with zero attached hydrogens (tertiary/aromatic N) is 7. The summed E-state index contributed by atoms with van der Waals surface area (Å²) < 4.78 is 7.23. The maximum absolute atomic E-state index is 11.9. The number of hydrogen-bond acceptors (Lipinski definition) is 9. The Kier molecular flexibility index (Phi) is 6.80. The molecular weight excluding hydrogens is 368 g/mol. The molecule has 1 saturated heterocycles. The van der Waals surface area contributed by atoms with E-state index >= 15 is 0 Å². The zero-order chi connectivity index (χ0) is 19.1. The fourth-order valence-electron chi connectivity index (χ4n) is 2.75. The molecule has 0 bridgehead atoms. The lowest BCUT2D eigenvalue weighted by molar-refractivity contribution is -0.118. The first-order chi connectivity index (χ1) is 13.1. The lowest BCUT2D eigenvalue weighted by Gasteiger charge is -2.28. The van der Waals surface area contributed by atoms with Gasteiger partial charge in [0.25, 0.3) is 0 Å². The van der Waals surface area contributed by atoms with Gasteiger partial charge < -0.3 is 15.0 Å². The van der Waals surface area contributed by atoms with Gasteiger partial charge in [0.2, 0.25) is 16.9 Å². The quantitative estimate of drug-likeness (QED) is 0.509. The van der Waals surface area contributed by atoms with Crippen LogP contribution in [0.15, 0.2) is 11.2 Å². The third-order valence-corrected chi connectivity index (χ3v) is 5.08. The van der Waals surface area contributed by atoms with E-state index in [1.54, 1.807) is 7.05 Å². The van der Waals surface area contributed by atoms with Gasteiger partial charge in [-0.05, 0) is 36.6 Å². The number of rotatable bonds is 8. The average Bonchev–Trinajstić information content (AvgIpc) is 3.09. The van der Waals surface area contributed by atoms with Crippen molar-refractivity contribution < 1.29 is 9.53 Å². The van der Waals surface area contributed by atoms with Gasteiger partial charge in [0.05, 0.1) is 12.3 Å². The van der Waals surface area contributed by atoms with Crippen molar-refractivity contribution in [1.82, 2.24) is 35.5 Å². The summed E-state index contributed by atoms with van der Waals surface area (Å²) in [7, 11) is 1.73. The van der Waals surface area contributed by atoms with Crippen LogP contribution in [0.25, 0.3) is 0 Å². The van der Waals surface area contributed by atoms with Crippen LogP contribution in [-0.4, -0.2) is 68.1 Å². The van der Waals surface area contributed by atoms with Gasteiger partial charge in [-0.15, -0.1) is 5.10 Å². The third kappa shape index (κ3) is 5.78. The molecule has 3 rings (SSSR count). The van der Waals surface area contributed by atoms with Gasteiger partial charge in [-0.3, -0.25) is 4.79 Å². The smallest absolute Gasteiger partial charge is 0.230 e. The number of thioether (sulfide) groups is 1. The molecule has 1 amide bonds. The highest BCUT2D eigenvalue weighted by atomic mass is 32.2. The monoisotopic (exact) mass is 392 g/mol. The number of piperidine rings is 1. The van der Waals surface area contributed by atoms with Crippen LogP contribution in [0.2, 0.25) is 0 Å². The summed E-state index contributed by atoms with van der Waals surface area (Å²) in [6, 6.07) is 1.87. The van der Waals surface area contributed by atoms with Crippen LogP contribution in [0.1, 0.15) is 25.1 Å². The summed E-state index contributed by atoms with van der Waals surface area (Å²) in [4.78, 5) is 23.0. The SMILES string of the molecule is Cc1nc(OCCNC(=O)CSc2nnnn2C)cc(N2CCCCC2)n1. The van der Waals surface area contributed by atoms with Gasteiger partial charge >= 0.3 is 0 Å². The Balaban J connectivity index is 1.41. The van der Waals surface area contributed by atoms with Crippen molar-refractivity contribution in [2.24, 2.45) is 7.05 Å². The Bertz CT molecular complexity index is 763. The molecule has 0 spiro atoms. The molecule has 1 aliphatic rings. The molecule has 11 heteroatoms. The van der Waals surface area contributed by atoms with Crippen LogP contribution in [0.4, 0.5) is 5.82 Å². The first-order valence-electron chi connectivity index (χ1n) is 8.97. The highest BCUT2D eigenvalue weighted by Crippen LogP contribution is 2.21. The van der Waals surface area contributed by atoms with Crippen molar-refractivity contribution in [2.75, 3.05) is 36.9 Å². The third-order valence-electron chi connectivity index (χ3n) is 4.07. The molecule has 0 radical (unpaired) electrons. The molecule has 0 atom stereocenters. The molecule has 146 valence electrons.